The molecule has 3 rings (SSSR count). The lowest BCUT2D eigenvalue weighted by Gasteiger charge is -2.43. The molecule has 0 aliphatic carbocycles. The SMILES string of the molecule is C[C@@H]1C[C@H](C)CN(C(=O)C2(c3ccccc3)CCOCC2)C1. The smallest absolute Gasteiger partial charge is 0.233 e. The highest BCUT2D eigenvalue weighted by Crippen LogP contribution is 2.38. The molecule has 22 heavy (non-hydrogen) atoms. The Balaban J connectivity index is 1.90. The molecule has 0 saturated carbocycles. The van der Waals surface area contributed by atoms with E-state index < -0.39 is 0 Å². The first-order chi connectivity index (χ1) is 10.6. The lowest BCUT2D eigenvalue weighted by molar-refractivity contribution is -0.144. The average molecular weight is 301 g/mol. The average Bonchev–Trinajstić information content (AvgIpc) is 2.55. The molecular weight excluding hydrogens is 274 g/mol. The van der Waals surface area contributed by atoms with Gasteiger partial charge in [-0.1, -0.05) is 44.2 Å². The fraction of sp³-hybridized carbons (Fsp3) is 0.632. The molecule has 120 valence electrons. The van der Waals surface area contributed by atoms with Crippen molar-refractivity contribution in [1.82, 2.24) is 4.90 Å². The minimum atomic E-state index is -0.379. The van der Waals surface area contributed by atoms with E-state index in [-0.39, 0.29) is 5.41 Å². The Kier molecular flexibility index (Phi) is 4.53. The maximum absolute atomic E-state index is 13.4. The van der Waals surface area contributed by atoms with Crippen LogP contribution in [0.25, 0.3) is 0 Å². The summed E-state index contributed by atoms with van der Waals surface area (Å²) >= 11 is 0. The zero-order valence-corrected chi connectivity index (χ0v) is 13.8. The van der Waals surface area contributed by atoms with Crippen LogP contribution >= 0.6 is 0 Å². The highest BCUT2D eigenvalue weighted by Gasteiger charge is 2.45. The van der Waals surface area contributed by atoms with Crippen molar-refractivity contribution in [3.05, 3.63) is 35.9 Å². The Bertz CT molecular complexity index is 497. The van der Waals surface area contributed by atoms with Crippen LogP contribution in [0.3, 0.4) is 0 Å². The van der Waals surface area contributed by atoms with Crippen molar-refractivity contribution in [3.63, 3.8) is 0 Å². The number of rotatable bonds is 2. The molecule has 2 heterocycles. The van der Waals surface area contributed by atoms with Crippen LogP contribution in [-0.2, 0) is 14.9 Å². The maximum atomic E-state index is 13.4. The highest BCUT2D eigenvalue weighted by atomic mass is 16.5. The molecule has 0 aromatic heterocycles. The van der Waals surface area contributed by atoms with E-state index in [1.54, 1.807) is 0 Å². The molecule has 0 bridgehead atoms. The van der Waals surface area contributed by atoms with E-state index in [1.165, 1.54) is 6.42 Å². The van der Waals surface area contributed by atoms with Gasteiger partial charge in [0.2, 0.25) is 5.91 Å². The number of carbonyl (C=O) groups excluding carboxylic acids is 1. The summed E-state index contributed by atoms with van der Waals surface area (Å²) in [5, 5.41) is 0. The second-order valence-electron chi connectivity index (χ2n) is 7.22. The normalized spacial score (nSPS) is 28.4. The molecule has 1 aromatic rings. The zero-order chi connectivity index (χ0) is 15.6. The first kappa shape index (κ1) is 15.5. The highest BCUT2D eigenvalue weighted by molar-refractivity contribution is 5.88. The quantitative estimate of drug-likeness (QED) is 0.839. The minimum absolute atomic E-state index is 0.320. The van der Waals surface area contributed by atoms with Gasteiger partial charge in [-0.15, -0.1) is 0 Å². The van der Waals surface area contributed by atoms with E-state index in [0.29, 0.717) is 31.0 Å². The van der Waals surface area contributed by atoms with Crippen LogP contribution in [0.5, 0.6) is 0 Å². The maximum Gasteiger partial charge on any atom is 0.233 e. The fourth-order valence-corrected chi connectivity index (χ4v) is 4.23. The number of nitrogens with zero attached hydrogens (tertiary/aromatic N) is 1. The van der Waals surface area contributed by atoms with Crippen LogP contribution in [-0.4, -0.2) is 37.1 Å². The van der Waals surface area contributed by atoms with Gasteiger partial charge in [-0.05, 0) is 36.7 Å². The molecule has 2 atom stereocenters. The Morgan fingerprint density at radius 1 is 1.09 bits per heavy atom. The van der Waals surface area contributed by atoms with Gasteiger partial charge in [0.15, 0.2) is 0 Å². The lowest BCUT2D eigenvalue weighted by Crippen LogP contribution is -2.53. The van der Waals surface area contributed by atoms with Gasteiger partial charge in [-0.2, -0.15) is 0 Å². The Morgan fingerprint density at radius 2 is 1.68 bits per heavy atom. The summed E-state index contributed by atoms with van der Waals surface area (Å²) in [5.41, 5.74) is 0.783. The van der Waals surface area contributed by atoms with Gasteiger partial charge in [-0.25, -0.2) is 0 Å². The second-order valence-corrected chi connectivity index (χ2v) is 7.22. The summed E-state index contributed by atoms with van der Waals surface area (Å²) in [6, 6.07) is 10.3. The van der Waals surface area contributed by atoms with Crippen LogP contribution in [0.2, 0.25) is 0 Å². The van der Waals surface area contributed by atoms with E-state index in [1.807, 2.05) is 18.2 Å². The molecule has 2 saturated heterocycles. The van der Waals surface area contributed by atoms with Crippen LogP contribution in [0.15, 0.2) is 30.3 Å². The van der Waals surface area contributed by atoms with Crippen molar-refractivity contribution in [1.29, 1.82) is 0 Å². The summed E-state index contributed by atoms with van der Waals surface area (Å²) in [4.78, 5) is 15.6. The van der Waals surface area contributed by atoms with Crippen LogP contribution in [0.1, 0.15) is 38.7 Å². The van der Waals surface area contributed by atoms with Crippen molar-refractivity contribution >= 4 is 5.91 Å². The van der Waals surface area contributed by atoms with Crippen LogP contribution < -0.4 is 0 Å². The molecule has 3 heteroatoms. The van der Waals surface area contributed by atoms with Crippen LogP contribution in [0, 0.1) is 11.8 Å². The number of hydrogen-bond acceptors (Lipinski definition) is 2. The first-order valence-electron chi connectivity index (χ1n) is 8.54. The molecule has 2 aliphatic heterocycles. The third-order valence-corrected chi connectivity index (χ3v) is 5.24. The Labute approximate surface area is 133 Å². The number of amides is 1. The van der Waals surface area contributed by atoms with Crippen LogP contribution in [0.4, 0.5) is 0 Å². The number of carbonyl (C=O) groups is 1. The third-order valence-electron chi connectivity index (χ3n) is 5.24. The molecule has 1 amide bonds. The monoisotopic (exact) mass is 301 g/mol. The van der Waals surface area contributed by atoms with Gasteiger partial charge in [0.05, 0.1) is 5.41 Å². The summed E-state index contributed by atoms with van der Waals surface area (Å²) in [6.45, 7) is 7.68. The van der Waals surface area contributed by atoms with E-state index in [0.717, 1.165) is 31.5 Å². The Morgan fingerprint density at radius 3 is 2.27 bits per heavy atom. The van der Waals surface area contributed by atoms with Gasteiger partial charge in [-0.3, -0.25) is 4.79 Å². The summed E-state index contributed by atoms with van der Waals surface area (Å²) in [7, 11) is 0. The van der Waals surface area contributed by atoms with Gasteiger partial charge in [0, 0.05) is 26.3 Å². The predicted octanol–water partition coefficient (Wildman–Crippen LogP) is 3.24. The number of likely N-dealkylation sites (tertiary alicyclic amines) is 1. The molecule has 1 aromatic carbocycles. The first-order valence-corrected chi connectivity index (χ1v) is 8.54. The molecule has 0 spiro atoms. The topological polar surface area (TPSA) is 29.5 Å². The molecule has 0 unspecified atom stereocenters. The van der Waals surface area contributed by atoms with Gasteiger partial charge >= 0.3 is 0 Å². The Hall–Kier alpha value is -1.35. The van der Waals surface area contributed by atoms with E-state index >= 15 is 0 Å². The second kappa shape index (κ2) is 6.41. The third kappa shape index (κ3) is 2.91. The van der Waals surface area contributed by atoms with E-state index in [9.17, 15) is 4.79 Å². The molecular formula is C19H27NO2. The van der Waals surface area contributed by atoms with Crippen molar-refractivity contribution in [2.24, 2.45) is 11.8 Å². The molecule has 2 fully saturated rings. The molecule has 2 aliphatic rings. The number of ether oxygens (including phenoxy) is 1. The van der Waals surface area contributed by atoms with Crippen molar-refractivity contribution < 1.29 is 9.53 Å². The molecule has 0 N–H and O–H groups in total. The number of hydrogen-bond donors (Lipinski definition) is 0. The van der Waals surface area contributed by atoms with Crippen molar-refractivity contribution in [2.45, 2.75) is 38.5 Å². The molecule has 3 nitrogen and oxygen atoms in total. The number of piperidine rings is 1. The zero-order valence-electron chi connectivity index (χ0n) is 13.8. The summed E-state index contributed by atoms with van der Waals surface area (Å²) < 4.78 is 5.56. The van der Waals surface area contributed by atoms with Crippen molar-refractivity contribution in [3.8, 4) is 0 Å². The minimum Gasteiger partial charge on any atom is -0.381 e. The molecule has 0 radical (unpaired) electrons. The fourth-order valence-electron chi connectivity index (χ4n) is 4.23. The number of benzene rings is 1. The van der Waals surface area contributed by atoms with Gasteiger partial charge in [0.1, 0.15) is 0 Å². The largest absolute Gasteiger partial charge is 0.381 e. The van der Waals surface area contributed by atoms with E-state index in [2.05, 4.69) is 30.9 Å². The summed E-state index contributed by atoms with van der Waals surface area (Å²) in [5.74, 6) is 1.51. The van der Waals surface area contributed by atoms with Gasteiger partial charge in [0.25, 0.3) is 0 Å². The lowest BCUT2D eigenvalue weighted by atomic mass is 9.72. The van der Waals surface area contributed by atoms with Gasteiger partial charge < -0.3 is 9.64 Å². The predicted molar refractivity (Wildman–Crippen MR) is 87.7 cm³/mol. The summed E-state index contributed by atoms with van der Waals surface area (Å²) in [6.07, 6.45) is 2.83. The van der Waals surface area contributed by atoms with Crippen molar-refractivity contribution in [2.75, 3.05) is 26.3 Å². The van der Waals surface area contributed by atoms with E-state index in [4.69, 9.17) is 4.74 Å². The standard InChI is InChI=1S/C19H27NO2/c1-15-12-16(2)14-20(13-15)18(21)19(8-10-22-11-9-19)17-6-4-3-5-7-17/h3-7,15-16H,8-14H2,1-2H3/t15-,16+.